The molecule has 0 bridgehead atoms. The Bertz CT molecular complexity index is 335. The van der Waals surface area contributed by atoms with Crippen molar-refractivity contribution in [2.24, 2.45) is 0 Å². The molecular weight excluding hydrogens is 196 g/mol. The van der Waals surface area contributed by atoms with Crippen LogP contribution in [0.25, 0.3) is 0 Å². The summed E-state index contributed by atoms with van der Waals surface area (Å²) in [6, 6.07) is 9.48. The molecule has 16 heavy (non-hydrogen) atoms. The summed E-state index contributed by atoms with van der Waals surface area (Å²) in [5.41, 5.74) is 2.96. The summed E-state index contributed by atoms with van der Waals surface area (Å²) in [5.74, 6) is 0. The molecule has 2 heteroatoms. The molecule has 0 amide bonds. The summed E-state index contributed by atoms with van der Waals surface area (Å²) in [6.07, 6.45) is 2.43. The van der Waals surface area contributed by atoms with Gasteiger partial charge in [-0.25, -0.2) is 0 Å². The summed E-state index contributed by atoms with van der Waals surface area (Å²) in [4.78, 5) is 2.55. The van der Waals surface area contributed by atoms with Crippen molar-refractivity contribution in [3.63, 3.8) is 0 Å². The van der Waals surface area contributed by atoms with Gasteiger partial charge in [0.25, 0.3) is 0 Å². The Balaban J connectivity index is 1.94. The van der Waals surface area contributed by atoms with Crippen molar-refractivity contribution >= 4 is 5.69 Å². The van der Waals surface area contributed by atoms with Crippen LogP contribution >= 0.6 is 0 Å². The number of nitrogens with one attached hydrogen (secondary N) is 1. The quantitative estimate of drug-likeness (QED) is 0.764. The van der Waals surface area contributed by atoms with Crippen molar-refractivity contribution in [3.8, 4) is 0 Å². The molecule has 1 unspecified atom stereocenters. The molecule has 1 N–H and O–H groups in total. The highest BCUT2D eigenvalue weighted by molar-refractivity contribution is 5.59. The Morgan fingerprint density at radius 1 is 1.38 bits per heavy atom. The molecule has 1 aromatic rings. The van der Waals surface area contributed by atoms with E-state index in [0.717, 1.165) is 13.1 Å². The van der Waals surface area contributed by atoms with Gasteiger partial charge in [-0.15, -0.1) is 0 Å². The zero-order valence-corrected chi connectivity index (χ0v) is 10.4. The van der Waals surface area contributed by atoms with Crippen LogP contribution in [0.5, 0.6) is 0 Å². The Hall–Kier alpha value is -1.02. The number of hydrogen-bond acceptors (Lipinski definition) is 2. The van der Waals surface area contributed by atoms with Gasteiger partial charge in [0.2, 0.25) is 0 Å². The van der Waals surface area contributed by atoms with E-state index in [1.54, 1.807) is 0 Å². The maximum atomic E-state index is 3.38. The van der Waals surface area contributed by atoms with Gasteiger partial charge in [0.05, 0.1) is 0 Å². The normalized spacial score (nSPS) is 18.9. The van der Waals surface area contributed by atoms with E-state index in [-0.39, 0.29) is 0 Å². The Kier molecular flexibility index (Phi) is 3.83. The van der Waals surface area contributed by atoms with Crippen LogP contribution in [-0.4, -0.2) is 25.7 Å². The second-order valence-corrected chi connectivity index (χ2v) is 4.58. The summed E-state index contributed by atoms with van der Waals surface area (Å²) in [5, 5.41) is 3.38. The van der Waals surface area contributed by atoms with Gasteiger partial charge in [0.15, 0.2) is 0 Å². The molecule has 1 heterocycles. The first-order chi connectivity index (χ1) is 7.83. The van der Waals surface area contributed by atoms with Gasteiger partial charge < -0.3 is 10.2 Å². The number of rotatable bonds is 5. The van der Waals surface area contributed by atoms with Gasteiger partial charge in [-0.1, -0.05) is 25.1 Å². The third-order valence-corrected chi connectivity index (χ3v) is 3.35. The maximum absolute atomic E-state index is 3.38. The fraction of sp³-hybridized carbons (Fsp3) is 0.571. The summed E-state index contributed by atoms with van der Waals surface area (Å²) in [7, 11) is 0. The van der Waals surface area contributed by atoms with Crippen molar-refractivity contribution in [1.29, 1.82) is 0 Å². The zero-order valence-electron chi connectivity index (χ0n) is 10.4. The Morgan fingerprint density at radius 3 is 3.00 bits per heavy atom. The lowest BCUT2D eigenvalue weighted by Gasteiger charge is -2.24. The van der Waals surface area contributed by atoms with Crippen LogP contribution < -0.4 is 10.2 Å². The average Bonchev–Trinajstić information content (AvgIpc) is 2.61. The molecule has 0 radical (unpaired) electrons. The molecule has 0 aliphatic carbocycles. The Labute approximate surface area is 98.7 Å². The molecular formula is C14H22N2. The zero-order chi connectivity index (χ0) is 11.4. The van der Waals surface area contributed by atoms with Gasteiger partial charge in [-0.3, -0.25) is 0 Å². The number of para-hydroxylation sites is 1. The lowest BCUT2D eigenvalue weighted by molar-refractivity contribution is 0.614. The predicted octanol–water partition coefficient (Wildman–Crippen LogP) is 2.44. The molecule has 88 valence electrons. The number of fused-ring (bicyclic) bond motifs is 1. The van der Waals surface area contributed by atoms with Gasteiger partial charge in [0, 0.05) is 18.3 Å². The van der Waals surface area contributed by atoms with Crippen LogP contribution in [0, 0.1) is 0 Å². The number of anilines is 1. The SMILES string of the molecule is CCNCCCN1c2ccccc2CC1C. The number of nitrogens with zero attached hydrogens (tertiary/aromatic N) is 1. The van der Waals surface area contributed by atoms with Crippen molar-refractivity contribution in [1.82, 2.24) is 5.32 Å². The lowest BCUT2D eigenvalue weighted by atomic mass is 10.1. The van der Waals surface area contributed by atoms with Crippen LogP contribution in [0.2, 0.25) is 0 Å². The van der Waals surface area contributed by atoms with E-state index in [1.807, 2.05) is 0 Å². The van der Waals surface area contributed by atoms with E-state index in [4.69, 9.17) is 0 Å². The highest BCUT2D eigenvalue weighted by Crippen LogP contribution is 2.31. The van der Waals surface area contributed by atoms with Crippen molar-refractivity contribution in [2.45, 2.75) is 32.7 Å². The van der Waals surface area contributed by atoms with E-state index in [9.17, 15) is 0 Å². The van der Waals surface area contributed by atoms with Crippen LogP contribution in [-0.2, 0) is 6.42 Å². The third kappa shape index (κ3) is 2.38. The number of hydrogen-bond donors (Lipinski definition) is 1. The predicted molar refractivity (Wildman–Crippen MR) is 70.1 cm³/mol. The fourth-order valence-corrected chi connectivity index (χ4v) is 2.52. The molecule has 1 aromatic carbocycles. The molecule has 0 aromatic heterocycles. The monoisotopic (exact) mass is 218 g/mol. The molecule has 0 saturated carbocycles. The third-order valence-electron chi connectivity index (χ3n) is 3.35. The van der Waals surface area contributed by atoms with E-state index in [2.05, 4.69) is 48.3 Å². The first-order valence-electron chi connectivity index (χ1n) is 6.38. The van der Waals surface area contributed by atoms with Crippen LogP contribution in [0.1, 0.15) is 25.8 Å². The van der Waals surface area contributed by atoms with E-state index in [1.165, 1.54) is 30.6 Å². The molecule has 0 fully saturated rings. The molecule has 2 rings (SSSR count). The maximum Gasteiger partial charge on any atom is 0.0402 e. The fourth-order valence-electron chi connectivity index (χ4n) is 2.52. The molecule has 1 atom stereocenters. The summed E-state index contributed by atoms with van der Waals surface area (Å²) >= 11 is 0. The van der Waals surface area contributed by atoms with Crippen LogP contribution in [0.3, 0.4) is 0 Å². The van der Waals surface area contributed by atoms with Gasteiger partial charge in [-0.2, -0.15) is 0 Å². The first kappa shape index (κ1) is 11.5. The minimum absolute atomic E-state index is 0.666. The molecule has 0 saturated heterocycles. The highest BCUT2D eigenvalue weighted by Gasteiger charge is 2.24. The van der Waals surface area contributed by atoms with E-state index >= 15 is 0 Å². The first-order valence-corrected chi connectivity index (χ1v) is 6.38. The number of benzene rings is 1. The van der Waals surface area contributed by atoms with Crippen molar-refractivity contribution in [2.75, 3.05) is 24.5 Å². The second kappa shape index (κ2) is 5.35. The standard InChI is InChI=1S/C14H22N2/c1-3-15-9-6-10-16-12(2)11-13-7-4-5-8-14(13)16/h4-5,7-8,12,15H,3,6,9-11H2,1-2H3. The molecule has 1 aliphatic heterocycles. The van der Waals surface area contributed by atoms with Gasteiger partial charge >= 0.3 is 0 Å². The van der Waals surface area contributed by atoms with Crippen molar-refractivity contribution in [3.05, 3.63) is 29.8 Å². The van der Waals surface area contributed by atoms with Crippen LogP contribution in [0.15, 0.2) is 24.3 Å². The largest absolute Gasteiger partial charge is 0.368 e. The van der Waals surface area contributed by atoms with E-state index in [0.29, 0.717) is 6.04 Å². The molecule has 1 aliphatic rings. The van der Waals surface area contributed by atoms with E-state index < -0.39 is 0 Å². The van der Waals surface area contributed by atoms with Crippen LogP contribution in [0.4, 0.5) is 5.69 Å². The summed E-state index contributed by atoms with van der Waals surface area (Å²) in [6.45, 7) is 7.86. The summed E-state index contributed by atoms with van der Waals surface area (Å²) < 4.78 is 0. The van der Waals surface area contributed by atoms with Gasteiger partial charge in [-0.05, 0) is 44.5 Å². The lowest BCUT2D eigenvalue weighted by Crippen LogP contribution is -2.32. The minimum Gasteiger partial charge on any atom is -0.368 e. The highest BCUT2D eigenvalue weighted by atomic mass is 15.2. The minimum atomic E-state index is 0.666. The smallest absolute Gasteiger partial charge is 0.0402 e. The topological polar surface area (TPSA) is 15.3 Å². The molecule has 2 nitrogen and oxygen atoms in total. The van der Waals surface area contributed by atoms with Crippen molar-refractivity contribution < 1.29 is 0 Å². The van der Waals surface area contributed by atoms with Gasteiger partial charge in [0.1, 0.15) is 0 Å². The Morgan fingerprint density at radius 2 is 2.19 bits per heavy atom. The second-order valence-electron chi connectivity index (χ2n) is 4.58. The average molecular weight is 218 g/mol. The molecule has 0 spiro atoms.